The molecular weight excluding hydrogens is 326 g/mol. The van der Waals surface area contributed by atoms with Crippen molar-refractivity contribution in [2.75, 3.05) is 11.9 Å². The van der Waals surface area contributed by atoms with Gasteiger partial charge >= 0.3 is 0 Å². The summed E-state index contributed by atoms with van der Waals surface area (Å²) in [6.07, 6.45) is 13.7. The maximum absolute atomic E-state index is 3.77. The fourth-order valence-corrected chi connectivity index (χ4v) is 8.33. The first kappa shape index (κ1) is 18.1. The highest BCUT2D eigenvalue weighted by atomic mass is 14.9. The highest BCUT2D eigenvalue weighted by Crippen LogP contribution is 2.64. The van der Waals surface area contributed by atoms with Crippen molar-refractivity contribution in [2.24, 2.45) is 46.8 Å². The molecule has 4 fully saturated rings. The Morgan fingerprint density at radius 2 is 1.70 bits per heavy atom. The molecule has 1 heteroatoms. The molecule has 148 valence electrons. The van der Waals surface area contributed by atoms with Gasteiger partial charge in [-0.25, -0.2) is 0 Å². The molecule has 0 heterocycles. The number of rotatable bonds is 3. The molecule has 4 aliphatic carbocycles. The van der Waals surface area contributed by atoms with E-state index in [0.717, 1.165) is 41.4 Å². The van der Waals surface area contributed by atoms with Crippen molar-refractivity contribution in [3.8, 4) is 0 Å². The fourth-order valence-electron chi connectivity index (χ4n) is 8.33. The van der Waals surface area contributed by atoms with Crippen LogP contribution in [-0.4, -0.2) is 6.54 Å². The standard InChI is InChI=1S/C26H39N/c1-18-8-11-22-19(16-18)9-12-24-23(22)14-15-26(2)20(10-13-25(24)26)17-27-21-6-4-3-5-7-21/h3-7,18-20,22-25,27H,8-17H2,1-2H3/t18-,19+,20?,22-,23?,24+,25?,26+/m0/s1. The molecule has 0 aliphatic heterocycles. The molecule has 0 spiro atoms. The molecule has 1 nitrogen and oxygen atoms in total. The van der Waals surface area contributed by atoms with Crippen LogP contribution in [0, 0.1) is 46.8 Å². The fraction of sp³-hybridized carbons (Fsp3) is 0.769. The molecule has 0 aromatic heterocycles. The number of para-hydroxylation sites is 1. The van der Waals surface area contributed by atoms with Gasteiger partial charge in [0.2, 0.25) is 0 Å². The van der Waals surface area contributed by atoms with Crippen LogP contribution in [0.3, 0.4) is 0 Å². The average Bonchev–Trinajstić information content (AvgIpc) is 3.03. The van der Waals surface area contributed by atoms with Gasteiger partial charge < -0.3 is 5.32 Å². The van der Waals surface area contributed by atoms with Crippen molar-refractivity contribution < 1.29 is 0 Å². The Hall–Kier alpha value is -0.980. The normalized spacial score (nSPS) is 46.2. The number of nitrogens with one attached hydrogen (secondary N) is 1. The Balaban J connectivity index is 1.28. The van der Waals surface area contributed by atoms with Crippen molar-refractivity contribution in [3.05, 3.63) is 30.3 Å². The second kappa shape index (κ2) is 7.12. The molecule has 0 bridgehead atoms. The van der Waals surface area contributed by atoms with E-state index in [4.69, 9.17) is 0 Å². The third-order valence-electron chi connectivity index (χ3n) is 9.74. The van der Waals surface area contributed by atoms with Crippen LogP contribution in [0.1, 0.15) is 71.6 Å². The van der Waals surface area contributed by atoms with E-state index in [9.17, 15) is 0 Å². The van der Waals surface area contributed by atoms with Crippen LogP contribution in [0.2, 0.25) is 0 Å². The quantitative estimate of drug-likeness (QED) is 0.608. The smallest absolute Gasteiger partial charge is 0.0340 e. The maximum atomic E-state index is 3.77. The number of anilines is 1. The van der Waals surface area contributed by atoms with E-state index in [-0.39, 0.29) is 0 Å². The van der Waals surface area contributed by atoms with Gasteiger partial charge in [-0.15, -0.1) is 0 Å². The summed E-state index contributed by atoms with van der Waals surface area (Å²) >= 11 is 0. The lowest BCUT2D eigenvalue weighted by atomic mass is 9.49. The lowest BCUT2D eigenvalue weighted by molar-refractivity contribution is -0.0656. The Morgan fingerprint density at radius 3 is 2.56 bits per heavy atom. The Kier molecular flexibility index (Phi) is 4.77. The SMILES string of the molecule is C[C@H]1CC[C@@H]2C3CC[C@]4(C)C(CNc5ccccc5)CCC4[C@@H]3CC[C@@H]2C1. The van der Waals surface area contributed by atoms with E-state index in [2.05, 4.69) is 49.5 Å². The summed E-state index contributed by atoms with van der Waals surface area (Å²) in [5, 5.41) is 3.77. The summed E-state index contributed by atoms with van der Waals surface area (Å²) in [5.74, 6) is 7.18. The predicted molar refractivity (Wildman–Crippen MR) is 115 cm³/mol. The van der Waals surface area contributed by atoms with Crippen LogP contribution in [-0.2, 0) is 0 Å². The summed E-state index contributed by atoms with van der Waals surface area (Å²) < 4.78 is 0. The minimum atomic E-state index is 0.595. The number of hydrogen-bond acceptors (Lipinski definition) is 1. The molecule has 27 heavy (non-hydrogen) atoms. The van der Waals surface area contributed by atoms with Gasteiger partial charge in [0.1, 0.15) is 0 Å². The molecule has 5 rings (SSSR count). The van der Waals surface area contributed by atoms with E-state index in [0.29, 0.717) is 5.41 Å². The van der Waals surface area contributed by atoms with E-state index >= 15 is 0 Å². The Morgan fingerprint density at radius 1 is 0.889 bits per heavy atom. The molecule has 0 saturated heterocycles. The minimum Gasteiger partial charge on any atom is -0.385 e. The molecule has 4 aliphatic rings. The third kappa shape index (κ3) is 3.14. The van der Waals surface area contributed by atoms with Crippen LogP contribution in [0.5, 0.6) is 0 Å². The van der Waals surface area contributed by atoms with Gasteiger partial charge in [-0.2, -0.15) is 0 Å². The van der Waals surface area contributed by atoms with Crippen molar-refractivity contribution in [1.29, 1.82) is 0 Å². The van der Waals surface area contributed by atoms with Crippen molar-refractivity contribution >= 4 is 5.69 Å². The van der Waals surface area contributed by atoms with Gasteiger partial charge in [0.05, 0.1) is 0 Å². The van der Waals surface area contributed by atoms with E-state index in [1.165, 1.54) is 44.3 Å². The zero-order valence-corrected chi connectivity index (χ0v) is 17.5. The average molecular weight is 366 g/mol. The summed E-state index contributed by atoms with van der Waals surface area (Å²) in [6.45, 7) is 6.35. The molecule has 0 amide bonds. The Bertz CT molecular complexity index is 639. The second-order valence-electron chi connectivity index (χ2n) is 10.9. The number of hydrogen-bond donors (Lipinski definition) is 1. The maximum Gasteiger partial charge on any atom is 0.0340 e. The molecular formula is C26H39N. The molecule has 1 aromatic rings. The van der Waals surface area contributed by atoms with Crippen molar-refractivity contribution in [1.82, 2.24) is 0 Å². The summed E-state index contributed by atoms with van der Waals surface area (Å²) in [5.41, 5.74) is 1.90. The summed E-state index contributed by atoms with van der Waals surface area (Å²) in [7, 11) is 0. The van der Waals surface area contributed by atoms with Gasteiger partial charge in [-0.3, -0.25) is 0 Å². The number of benzene rings is 1. The largest absolute Gasteiger partial charge is 0.385 e. The second-order valence-corrected chi connectivity index (χ2v) is 10.9. The van der Waals surface area contributed by atoms with Crippen LogP contribution in [0.15, 0.2) is 30.3 Å². The summed E-state index contributed by atoms with van der Waals surface area (Å²) in [4.78, 5) is 0. The van der Waals surface area contributed by atoms with Gasteiger partial charge in [0.25, 0.3) is 0 Å². The molecule has 8 atom stereocenters. The lowest BCUT2D eigenvalue weighted by Gasteiger charge is -2.56. The minimum absolute atomic E-state index is 0.595. The molecule has 1 aromatic carbocycles. The molecule has 3 unspecified atom stereocenters. The Labute approximate surface area is 166 Å². The van der Waals surface area contributed by atoms with Gasteiger partial charge in [-0.1, -0.05) is 38.5 Å². The van der Waals surface area contributed by atoms with Gasteiger partial charge in [-0.05, 0) is 110 Å². The lowest BCUT2D eigenvalue weighted by Crippen LogP contribution is -2.49. The van der Waals surface area contributed by atoms with Crippen LogP contribution in [0.4, 0.5) is 5.69 Å². The summed E-state index contributed by atoms with van der Waals surface area (Å²) in [6, 6.07) is 10.8. The first-order valence-electron chi connectivity index (χ1n) is 11.9. The van der Waals surface area contributed by atoms with E-state index < -0.39 is 0 Å². The highest BCUT2D eigenvalue weighted by molar-refractivity contribution is 5.42. The highest BCUT2D eigenvalue weighted by Gasteiger charge is 2.56. The van der Waals surface area contributed by atoms with E-state index in [1.54, 1.807) is 25.7 Å². The molecule has 1 N–H and O–H groups in total. The predicted octanol–water partition coefficient (Wildman–Crippen LogP) is 7.00. The molecule has 4 saturated carbocycles. The molecule has 0 radical (unpaired) electrons. The van der Waals surface area contributed by atoms with Crippen LogP contribution < -0.4 is 5.32 Å². The van der Waals surface area contributed by atoms with Crippen molar-refractivity contribution in [3.63, 3.8) is 0 Å². The first-order valence-corrected chi connectivity index (χ1v) is 11.9. The first-order chi connectivity index (χ1) is 13.1. The topological polar surface area (TPSA) is 12.0 Å². The van der Waals surface area contributed by atoms with Crippen LogP contribution >= 0.6 is 0 Å². The van der Waals surface area contributed by atoms with Gasteiger partial charge in [0, 0.05) is 12.2 Å². The zero-order chi connectivity index (χ0) is 18.4. The zero-order valence-electron chi connectivity index (χ0n) is 17.5. The number of fused-ring (bicyclic) bond motifs is 5. The van der Waals surface area contributed by atoms with Crippen LogP contribution in [0.25, 0.3) is 0 Å². The monoisotopic (exact) mass is 365 g/mol. The van der Waals surface area contributed by atoms with Gasteiger partial charge in [0.15, 0.2) is 0 Å². The van der Waals surface area contributed by atoms with E-state index in [1.807, 2.05) is 0 Å². The third-order valence-corrected chi connectivity index (χ3v) is 9.74. The van der Waals surface area contributed by atoms with Crippen molar-refractivity contribution in [2.45, 2.75) is 71.6 Å².